The highest BCUT2D eigenvalue weighted by Gasteiger charge is 2.27. The minimum Gasteiger partial charge on any atom is -0.507 e. The van der Waals surface area contributed by atoms with Crippen LogP contribution < -0.4 is 0 Å². The Kier molecular flexibility index (Phi) is 6.63. The Hall–Kier alpha value is -1.94. The molecule has 2 atom stereocenters. The maximum absolute atomic E-state index is 12.7. The van der Waals surface area contributed by atoms with Gasteiger partial charge in [0.05, 0.1) is 11.2 Å². The van der Waals surface area contributed by atoms with Gasteiger partial charge in [-0.25, -0.2) is 0 Å². The zero-order valence-electron chi connectivity index (χ0n) is 17.0. The summed E-state index contributed by atoms with van der Waals surface area (Å²) >= 11 is 4.54. The van der Waals surface area contributed by atoms with Crippen molar-refractivity contribution < 1.29 is 14.6 Å². The molecule has 3 nitrogen and oxygen atoms in total. The lowest BCUT2D eigenvalue weighted by Gasteiger charge is -2.26. The fourth-order valence-electron chi connectivity index (χ4n) is 3.13. The Labute approximate surface area is 168 Å². The molecule has 0 aliphatic carbocycles. The Balaban J connectivity index is 2.20. The molecule has 0 heterocycles. The summed E-state index contributed by atoms with van der Waals surface area (Å²) in [5.41, 5.74) is 4.29. The average molecular weight is 387 g/mol. The number of benzene rings is 2. The summed E-state index contributed by atoms with van der Waals surface area (Å²) in [5.74, 6) is -0.386. The summed E-state index contributed by atoms with van der Waals surface area (Å²) in [7, 11) is 0. The van der Waals surface area contributed by atoms with Gasteiger partial charge in [-0.2, -0.15) is 12.6 Å². The number of carbonyl (C=O) groups is 1. The second kappa shape index (κ2) is 8.39. The quantitative estimate of drug-likeness (QED) is 0.517. The maximum atomic E-state index is 12.7. The van der Waals surface area contributed by atoms with Crippen LogP contribution in [-0.2, 0) is 14.9 Å². The number of phenols is 1. The largest absolute Gasteiger partial charge is 0.507 e. The van der Waals surface area contributed by atoms with Gasteiger partial charge in [-0.1, -0.05) is 57.2 Å². The summed E-state index contributed by atoms with van der Waals surface area (Å²) in [4.78, 5) is 12.7. The van der Waals surface area contributed by atoms with Crippen molar-refractivity contribution in [1.82, 2.24) is 0 Å². The van der Waals surface area contributed by atoms with E-state index < -0.39 is 5.92 Å². The fourth-order valence-corrected chi connectivity index (χ4v) is 3.38. The maximum Gasteiger partial charge on any atom is 0.313 e. The van der Waals surface area contributed by atoms with Gasteiger partial charge in [0.25, 0.3) is 0 Å². The molecule has 0 bridgehead atoms. The lowest BCUT2D eigenvalue weighted by atomic mass is 9.80. The summed E-state index contributed by atoms with van der Waals surface area (Å²) < 4.78 is 5.55. The monoisotopic (exact) mass is 386 g/mol. The van der Waals surface area contributed by atoms with Crippen LogP contribution in [0.25, 0.3) is 0 Å². The van der Waals surface area contributed by atoms with Crippen LogP contribution in [-0.4, -0.2) is 17.7 Å². The van der Waals surface area contributed by atoms with Crippen molar-refractivity contribution in [2.24, 2.45) is 0 Å². The highest BCUT2D eigenvalue weighted by molar-refractivity contribution is 7.80. The second-order valence-corrected chi connectivity index (χ2v) is 8.76. The van der Waals surface area contributed by atoms with Gasteiger partial charge < -0.3 is 9.84 Å². The van der Waals surface area contributed by atoms with Crippen LogP contribution in [0.1, 0.15) is 66.7 Å². The van der Waals surface area contributed by atoms with E-state index in [4.69, 9.17) is 4.74 Å². The molecule has 2 aromatic carbocycles. The van der Waals surface area contributed by atoms with Crippen LogP contribution in [0.5, 0.6) is 5.75 Å². The number of esters is 1. The minimum absolute atomic E-state index is 0.157. The first-order chi connectivity index (χ1) is 12.5. The van der Waals surface area contributed by atoms with E-state index in [1.54, 1.807) is 0 Å². The third-order valence-electron chi connectivity index (χ3n) is 5.10. The van der Waals surface area contributed by atoms with E-state index in [1.165, 1.54) is 0 Å². The van der Waals surface area contributed by atoms with E-state index in [2.05, 4.69) is 33.4 Å². The van der Waals surface area contributed by atoms with Gasteiger partial charge in [0, 0.05) is 0 Å². The standard InChI is InChI=1S/C23H30O3S/c1-14-15(2)21(24)19(23(4,5)6)12-18(14)16(3)22(25)26-13-20(27)17-10-8-7-9-11-17/h7-12,16,20,24,27H,13H2,1-6H3. The predicted octanol–water partition coefficient (Wildman–Crippen LogP) is 5.62. The fraction of sp³-hybridized carbons (Fsp3) is 0.435. The molecule has 2 rings (SSSR count). The number of rotatable bonds is 5. The molecule has 1 N–H and O–H groups in total. The number of aromatic hydroxyl groups is 1. The Morgan fingerprint density at radius 3 is 2.30 bits per heavy atom. The zero-order chi connectivity index (χ0) is 20.4. The molecular formula is C23H30O3S. The average Bonchev–Trinajstić information content (AvgIpc) is 2.63. The molecule has 146 valence electrons. The number of ether oxygens (including phenoxy) is 1. The van der Waals surface area contributed by atoms with Crippen molar-refractivity contribution in [2.45, 2.75) is 58.1 Å². The van der Waals surface area contributed by atoms with Gasteiger partial charge in [-0.15, -0.1) is 0 Å². The smallest absolute Gasteiger partial charge is 0.313 e. The van der Waals surface area contributed by atoms with Crippen molar-refractivity contribution in [1.29, 1.82) is 0 Å². The molecule has 0 spiro atoms. The number of thiol groups is 1. The lowest BCUT2D eigenvalue weighted by Crippen LogP contribution is -2.19. The van der Waals surface area contributed by atoms with E-state index in [9.17, 15) is 9.90 Å². The van der Waals surface area contributed by atoms with Crippen molar-refractivity contribution >= 4 is 18.6 Å². The SMILES string of the molecule is Cc1c(C(C)C(=O)OCC(S)c2ccccc2)cc(C(C)(C)C)c(O)c1C. The molecule has 27 heavy (non-hydrogen) atoms. The first kappa shape index (κ1) is 21.4. The normalized spacial score (nSPS) is 13.9. The number of carbonyl (C=O) groups excluding carboxylic acids is 1. The molecule has 0 saturated heterocycles. The van der Waals surface area contributed by atoms with Crippen LogP contribution in [0.2, 0.25) is 0 Å². The molecule has 0 radical (unpaired) electrons. The third-order valence-corrected chi connectivity index (χ3v) is 5.55. The number of hydrogen-bond donors (Lipinski definition) is 2. The zero-order valence-corrected chi connectivity index (χ0v) is 17.9. The first-order valence-electron chi connectivity index (χ1n) is 9.27. The lowest BCUT2D eigenvalue weighted by molar-refractivity contribution is -0.145. The summed E-state index contributed by atoms with van der Waals surface area (Å²) in [5, 5.41) is 10.4. The molecule has 0 aliphatic rings. The van der Waals surface area contributed by atoms with Crippen molar-refractivity contribution in [3.05, 3.63) is 64.2 Å². The van der Waals surface area contributed by atoms with Crippen molar-refractivity contribution in [3.8, 4) is 5.75 Å². The van der Waals surface area contributed by atoms with Crippen LogP contribution >= 0.6 is 12.6 Å². The van der Waals surface area contributed by atoms with Gasteiger partial charge in [0.15, 0.2) is 0 Å². The molecule has 4 heteroatoms. The topological polar surface area (TPSA) is 46.5 Å². The van der Waals surface area contributed by atoms with E-state index >= 15 is 0 Å². The number of hydrogen-bond acceptors (Lipinski definition) is 4. The second-order valence-electron chi connectivity index (χ2n) is 8.14. The first-order valence-corrected chi connectivity index (χ1v) is 9.78. The number of phenolic OH excluding ortho intramolecular Hbond substituents is 1. The molecule has 0 amide bonds. The van der Waals surface area contributed by atoms with E-state index in [0.717, 1.165) is 27.8 Å². The summed E-state index contributed by atoms with van der Waals surface area (Å²) in [6.45, 7) is 12.0. The molecule has 0 aromatic heterocycles. The van der Waals surface area contributed by atoms with E-state index in [-0.39, 0.29) is 23.2 Å². The molecule has 0 aliphatic heterocycles. The van der Waals surface area contributed by atoms with Gasteiger partial charge in [-0.3, -0.25) is 4.79 Å². The van der Waals surface area contributed by atoms with E-state index in [0.29, 0.717) is 5.75 Å². The third kappa shape index (κ3) is 4.86. The van der Waals surface area contributed by atoms with Gasteiger partial charge >= 0.3 is 5.97 Å². The van der Waals surface area contributed by atoms with Crippen LogP contribution in [0, 0.1) is 13.8 Å². The van der Waals surface area contributed by atoms with Crippen molar-refractivity contribution in [3.63, 3.8) is 0 Å². The molecular weight excluding hydrogens is 356 g/mol. The van der Waals surface area contributed by atoms with Gasteiger partial charge in [0.2, 0.25) is 0 Å². The molecule has 0 fully saturated rings. The highest BCUT2D eigenvalue weighted by Crippen LogP contribution is 2.38. The Morgan fingerprint density at radius 2 is 1.74 bits per heavy atom. The van der Waals surface area contributed by atoms with Crippen molar-refractivity contribution in [2.75, 3.05) is 6.61 Å². The van der Waals surface area contributed by atoms with Gasteiger partial charge in [-0.05, 0) is 54.0 Å². The van der Waals surface area contributed by atoms with Gasteiger partial charge in [0.1, 0.15) is 12.4 Å². The molecule has 2 aromatic rings. The Bertz CT molecular complexity index is 807. The predicted molar refractivity (Wildman–Crippen MR) is 114 cm³/mol. The van der Waals surface area contributed by atoms with Crippen LogP contribution in [0.4, 0.5) is 0 Å². The van der Waals surface area contributed by atoms with E-state index in [1.807, 2.05) is 57.2 Å². The van der Waals surface area contributed by atoms with Crippen LogP contribution in [0.3, 0.4) is 0 Å². The summed E-state index contributed by atoms with van der Waals surface area (Å²) in [6, 6.07) is 11.7. The molecule has 2 unspecified atom stereocenters. The summed E-state index contributed by atoms with van der Waals surface area (Å²) in [6.07, 6.45) is 0. The van der Waals surface area contributed by atoms with Crippen LogP contribution in [0.15, 0.2) is 36.4 Å². The Morgan fingerprint density at radius 1 is 1.15 bits per heavy atom. The highest BCUT2D eigenvalue weighted by atomic mass is 32.1. The minimum atomic E-state index is -0.415. The molecule has 0 saturated carbocycles.